The Morgan fingerprint density at radius 2 is 1.63 bits per heavy atom. The van der Waals surface area contributed by atoms with E-state index >= 15 is 0 Å². The molecule has 0 bridgehead atoms. The second-order valence-corrected chi connectivity index (χ2v) is 9.42. The molecule has 4 nitrogen and oxygen atoms in total. The van der Waals surface area contributed by atoms with Gasteiger partial charge in [0, 0.05) is 6.08 Å². The Kier molecular flexibility index (Phi) is 5.17. The van der Waals surface area contributed by atoms with Crippen molar-refractivity contribution in [2.75, 3.05) is 14.2 Å². The zero-order valence-electron chi connectivity index (χ0n) is 12.0. The average Bonchev–Trinajstić information content (AvgIpc) is 2.36. The summed E-state index contributed by atoms with van der Waals surface area (Å²) in [6, 6.07) is 7.05. The minimum absolute atomic E-state index is 0.346. The van der Waals surface area contributed by atoms with Crippen LogP contribution in [0.2, 0.25) is 19.6 Å². The van der Waals surface area contributed by atoms with Crippen LogP contribution in [0.25, 0.3) is 6.08 Å². The third-order valence-corrected chi connectivity index (χ3v) is 3.04. The Bertz CT molecular complexity index is 457. The Balaban J connectivity index is 2.88. The van der Waals surface area contributed by atoms with E-state index in [1.54, 1.807) is 25.3 Å². The van der Waals surface area contributed by atoms with Crippen LogP contribution in [0.3, 0.4) is 0 Å². The lowest BCUT2D eigenvalue weighted by Crippen LogP contribution is -2.25. The Morgan fingerprint density at radius 1 is 1.05 bits per heavy atom. The second-order valence-electron chi connectivity index (χ2n) is 5.00. The van der Waals surface area contributed by atoms with E-state index in [4.69, 9.17) is 9.16 Å². The SMILES string of the molecule is COC(=O)c1ccc(/C=C(\OC)O[Si](C)(C)C)cc1. The number of methoxy groups -OCH3 is 2. The number of benzene rings is 1. The third-order valence-electron chi connectivity index (χ3n) is 2.22. The smallest absolute Gasteiger partial charge is 0.337 e. The lowest BCUT2D eigenvalue weighted by molar-refractivity contribution is 0.0600. The molecule has 1 aromatic rings. The van der Waals surface area contributed by atoms with Crippen LogP contribution in [0, 0.1) is 0 Å². The summed E-state index contributed by atoms with van der Waals surface area (Å²) in [5.74, 6) is 0.144. The van der Waals surface area contributed by atoms with E-state index in [1.165, 1.54) is 7.11 Å². The fourth-order valence-corrected chi connectivity index (χ4v) is 2.15. The van der Waals surface area contributed by atoms with Gasteiger partial charge in [-0.3, -0.25) is 0 Å². The lowest BCUT2D eigenvalue weighted by atomic mass is 10.1. The highest BCUT2D eigenvalue weighted by Crippen LogP contribution is 2.15. The van der Waals surface area contributed by atoms with Crippen molar-refractivity contribution < 1.29 is 18.7 Å². The van der Waals surface area contributed by atoms with Gasteiger partial charge in [0.05, 0.1) is 19.8 Å². The molecule has 0 spiro atoms. The fraction of sp³-hybridized carbons (Fsp3) is 0.357. The van der Waals surface area contributed by atoms with Gasteiger partial charge in [0.1, 0.15) is 0 Å². The number of ether oxygens (including phenoxy) is 2. The predicted molar refractivity (Wildman–Crippen MR) is 77.2 cm³/mol. The molecule has 0 unspecified atom stereocenters. The van der Waals surface area contributed by atoms with E-state index < -0.39 is 8.32 Å². The van der Waals surface area contributed by atoms with Gasteiger partial charge in [-0.2, -0.15) is 0 Å². The van der Waals surface area contributed by atoms with Crippen molar-refractivity contribution in [3.05, 3.63) is 41.3 Å². The first-order chi connectivity index (χ1) is 8.85. The monoisotopic (exact) mass is 280 g/mol. The molecule has 0 radical (unpaired) electrons. The van der Waals surface area contributed by atoms with Crippen LogP contribution in [0.4, 0.5) is 0 Å². The minimum Gasteiger partial charge on any atom is -0.520 e. The standard InChI is InChI=1S/C14H20O4Si/c1-16-13(18-19(3,4)5)10-11-6-8-12(9-7-11)14(15)17-2/h6-10H,1-5H3/b13-10+. The highest BCUT2D eigenvalue weighted by atomic mass is 28.4. The van der Waals surface area contributed by atoms with Crippen LogP contribution in [-0.4, -0.2) is 28.5 Å². The van der Waals surface area contributed by atoms with Crippen LogP contribution < -0.4 is 0 Å². The maximum Gasteiger partial charge on any atom is 0.337 e. The van der Waals surface area contributed by atoms with Crippen LogP contribution >= 0.6 is 0 Å². The van der Waals surface area contributed by atoms with Crippen LogP contribution in [-0.2, 0) is 13.9 Å². The summed E-state index contributed by atoms with van der Waals surface area (Å²) in [5, 5.41) is 0. The van der Waals surface area contributed by atoms with Crippen molar-refractivity contribution in [3.63, 3.8) is 0 Å². The first-order valence-corrected chi connectivity index (χ1v) is 9.39. The number of carbonyl (C=O) groups is 1. The number of carbonyl (C=O) groups excluding carboxylic acids is 1. The maximum absolute atomic E-state index is 11.3. The zero-order valence-corrected chi connectivity index (χ0v) is 13.0. The normalized spacial score (nSPS) is 11.9. The van der Waals surface area contributed by atoms with Gasteiger partial charge in [-0.1, -0.05) is 12.1 Å². The van der Waals surface area contributed by atoms with E-state index in [9.17, 15) is 4.79 Å². The first kappa shape index (κ1) is 15.3. The largest absolute Gasteiger partial charge is 0.520 e. The van der Waals surface area contributed by atoms with E-state index in [2.05, 4.69) is 24.4 Å². The van der Waals surface area contributed by atoms with Gasteiger partial charge < -0.3 is 13.9 Å². The summed E-state index contributed by atoms with van der Waals surface area (Å²) >= 11 is 0. The van der Waals surface area contributed by atoms with Gasteiger partial charge >= 0.3 is 5.97 Å². The van der Waals surface area contributed by atoms with E-state index in [-0.39, 0.29) is 5.97 Å². The van der Waals surface area contributed by atoms with Gasteiger partial charge in [-0.05, 0) is 37.3 Å². The molecule has 0 heterocycles. The molecule has 19 heavy (non-hydrogen) atoms. The molecule has 104 valence electrons. The van der Waals surface area contributed by atoms with Crippen LogP contribution in [0.15, 0.2) is 30.2 Å². The molecule has 5 heteroatoms. The fourth-order valence-electron chi connectivity index (χ4n) is 1.40. The molecule has 0 aromatic heterocycles. The van der Waals surface area contributed by atoms with Crippen molar-refractivity contribution in [1.82, 2.24) is 0 Å². The predicted octanol–water partition coefficient (Wildman–Crippen LogP) is 3.27. The van der Waals surface area contributed by atoms with Crippen LogP contribution in [0.1, 0.15) is 15.9 Å². The molecule has 1 rings (SSSR count). The number of hydrogen-bond acceptors (Lipinski definition) is 4. The lowest BCUT2D eigenvalue weighted by Gasteiger charge is -2.20. The summed E-state index contributed by atoms with van der Waals surface area (Å²) < 4.78 is 15.6. The van der Waals surface area contributed by atoms with Gasteiger partial charge in [-0.15, -0.1) is 0 Å². The summed E-state index contributed by atoms with van der Waals surface area (Å²) in [6.45, 7) is 6.25. The molecule has 0 amide bonds. The molecule has 0 fully saturated rings. The second kappa shape index (κ2) is 6.42. The molecule has 0 aliphatic carbocycles. The van der Waals surface area contributed by atoms with Gasteiger partial charge in [0.25, 0.3) is 5.95 Å². The molecule has 0 N–H and O–H groups in total. The van der Waals surface area contributed by atoms with Crippen molar-refractivity contribution in [3.8, 4) is 0 Å². The molecular weight excluding hydrogens is 260 g/mol. The maximum atomic E-state index is 11.3. The van der Waals surface area contributed by atoms with Gasteiger partial charge in [0.2, 0.25) is 8.32 Å². The topological polar surface area (TPSA) is 44.8 Å². The number of hydrogen-bond donors (Lipinski definition) is 0. The molecule has 0 atom stereocenters. The van der Waals surface area contributed by atoms with Crippen LogP contribution in [0.5, 0.6) is 0 Å². The molecule has 0 saturated heterocycles. The minimum atomic E-state index is -1.70. The van der Waals surface area contributed by atoms with Crippen molar-refractivity contribution >= 4 is 20.4 Å². The summed E-state index contributed by atoms with van der Waals surface area (Å²) in [7, 11) is 1.24. The zero-order chi connectivity index (χ0) is 14.5. The highest BCUT2D eigenvalue weighted by Gasteiger charge is 2.18. The molecule has 0 saturated carbocycles. The quantitative estimate of drug-likeness (QED) is 0.472. The Labute approximate surface area is 115 Å². The van der Waals surface area contributed by atoms with Gasteiger partial charge in [0.15, 0.2) is 0 Å². The van der Waals surface area contributed by atoms with Crippen molar-refractivity contribution in [1.29, 1.82) is 0 Å². The molecule has 0 aliphatic rings. The highest BCUT2D eigenvalue weighted by molar-refractivity contribution is 6.70. The average molecular weight is 280 g/mol. The van der Waals surface area contributed by atoms with Crippen molar-refractivity contribution in [2.24, 2.45) is 0 Å². The number of rotatable bonds is 5. The van der Waals surface area contributed by atoms with Crippen molar-refractivity contribution in [2.45, 2.75) is 19.6 Å². The van der Waals surface area contributed by atoms with E-state index in [0.29, 0.717) is 11.5 Å². The Morgan fingerprint density at radius 3 is 2.05 bits per heavy atom. The molecular formula is C14H20O4Si. The molecule has 0 aliphatic heterocycles. The number of esters is 1. The van der Waals surface area contributed by atoms with Gasteiger partial charge in [-0.25, -0.2) is 4.79 Å². The summed E-state index contributed by atoms with van der Waals surface area (Å²) in [5.41, 5.74) is 1.42. The van der Waals surface area contributed by atoms with E-state index in [1.807, 2.05) is 12.1 Å². The summed E-state index contributed by atoms with van der Waals surface area (Å²) in [4.78, 5) is 11.3. The van der Waals surface area contributed by atoms with E-state index in [0.717, 1.165) is 5.56 Å². The third kappa shape index (κ3) is 5.17. The molecule has 1 aromatic carbocycles. The Hall–Kier alpha value is -1.75. The first-order valence-electron chi connectivity index (χ1n) is 5.99. The summed E-state index contributed by atoms with van der Waals surface area (Å²) in [6.07, 6.45) is 1.80.